The topological polar surface area (TPSA) is 61.2 Å². The highest BCUT2D eigenvalue weighted by Gasteiger charge is 2.23. The van der Waals surface area contributed by atoms with Crippen LogP contribution in [0.15, 0.2) is 24.3 Å². The molecule has 92 valence electrons. The lowest BCUT2D eigenvalue weighted by Gasteiger charge is -2.22. The number of rotatable bonds is 5. The summed E-state index contributed by atoms with van der Waals surface area (Å²) < 4.78 is 37.6. The van der Waals surface area contributed by atoms with Crippen molar-refractivity contribution in [1.82, 2.24) is 0 Å². The van der Waals surface area contributed by atoms with E-state index in [4.69, 9.17) is 5.26 Å². The molecule has 1 aromatic rings. The van der Waals surface area contributed by atoms with Crippen molar-refractivity contribution in [1.29, 1.82) is 5.26 Å². The number of halogens is 2. The van der Waals surface area contributed by atoms with Crippen molar-refractivity contribution in [3.8, 4) is 6.07 Å². The van der Waals surface area contributed by atoms with E-state index in [-0.39, 0.29) is 23.3 Å². The monoisotopic (exact) mass is 320 g/mol. The van der Waals surface area contributed by atoms with Crippen molar-refractivity contribution in [3.63, 3.8) is 0 Å². The molecule has 0 N–H and O–H groups in total. The molecule has 0 bridgehead atoms. The first-order valence-electron chi connectivity index (χ1n) is 4.71. The largest absolute Gasteiger partial charge is 0.266 e. The number of alkyl halides is 1. The summed E-state index contributed by atoms with van der Waals surface area (Å²) >= 11 is 2.85. The molecule has 0 spiro atoms. The van der Waals surface area contributed by atoms with Gasteiger partial charge in [0.15, 0.2) is 0 Å². The van der Waals surface area contributed by atoms with Crippen molar-refractivity contribution in [2.75, 3.05) is 15.5 Å². The molecule has 1 aromatic carbocycles. The molecule has 0 saturated carbocycles. The van der Waals surface area contributed by atoms with Gasteiger partial charge in [0.2, 0.25) is 10.0 Å². The molecule has 0 aliphatic heterocycles. The summed E-state index contributed by atoms with van der Waals surface area (Å²) in [5, 5.41) is 8.49. The molecule has 7 heteroatoms. The minimum atomic E-state index is -3.65. The van der Waals surface area contributed by atoms with Crippen molar-refractivity contribution >= 4 is 31.6 Å². The number of para-hydroxylation sites is 1. The maximum atomic E-state index is 13.5. The van der Waals surface area contributed by atoms with Gasteiger partial charge in [-0.15, -0.1) is 0 Å². The minimum absolute atomic E-state index is 0.000560. The second kappa shape index (κ2) is 5.98. The van der Waals surface area contributed by atoms with Gasteiger partial charge in [0, 0.05) is 6.54 Å². The molecule has 4 nitrogen and oxygen atoms in total. The zero-order valence-electron chi connectivity index (χ0n) is 8.81. The Labute approximate surface area is 108 Å². The number of hydrogen-bond donors (Lipinski definition) is 0. The molecule has 0 heterocycles. The number of hydrogen-bond acceptors (Lipinski definition) is 3. The Morgan fingerprint density at radius 3 is 2.59 bits per heavy atom. The summed E-state index contributed by atoms with van der Waals surface area (Å²) in [4.78, 5) is 0. The molecule has 0 radical (unpaired) electrons. The van der Waals surface area contributed by atoms with Crippen LogP contribution < -0.4 is 4.31 Å². The molecule has 17 heavy (non-hydrogen) atoms. The molecule has 0 saturated heterocycles. The van der Waals surface area contributed by atoms with Crippen LogP contribution in [0.25, 0.3) is 0 Å². The number of anilines is 1. The molecule has 0 unspecified atom stereocenters. The van der Waals surface area contributed by atoms with Crippen LogP contribution in [-0.4, -0.2) is 19.6 Å². The summed E-state index contributed by atoms with van der Waals surface area (Å²) in [6.45, 7) is -0.0641. The SMILES string of the molecule is N#CCCN(c1ccccc1F)S(=O)(=O)CBr. The zero-order valence-corrected chi connectivity index (χ0v) is 11.2. The van der Waals surface area contributed by atoms with E-state index in [1.165, 1.54) is 18.2 Å². The van der Waals surface area contributed by atoms with Gasteiger partial charge >= 0.3 is 0 Å². The predicted molar refractivity (Wildman–Crippen MR) is 66.7 cm³/mol. The van der Waals surface area contributed by atoms with Crippen LogP contribution in [-0.2, 0) is 10.0 Å². The molecule has 0 aliphatic carbocycles. The first-order chi connectivity index (χ1) is 8.03. The molecular formula is C10H10BrFN2O2S. The first kappa shape index (κ1) is 13.9. The van der Waals surface area contributed by atoms with E-state index >= 15 is 0 Å². The van der Waals surface area contributed by atoms with Crippen LogP contribution in [0.4, 0.5) is 10.1 Å². The predicted octanol–water partition coefficient (Wildman–Crippen LogP) is 2.23. The molecule has 0 atom stereocenters. The Bertz CT molecular complexity index is 527. The third-order valence-electron chi connectivity index (χ3n) is 2.02. The molecular weight excluding hydrogens is 311 g/mol. The van der Waals surface area contributed by atoms with E-state index in [1.807, 2.05) is 6.07 Å². The van der Waals surface area contributed by atoms with Gasteiger partial charge < -0.3 is 0 Å². The summed E-state index contributed by atoms with van der Waals surface area (Å²) in [5.41, 5.74) is -0.0396. The van der Waals surface area contributed by atoms with Crippen LogP contribution >= 0.6 is 15.9 Å². The Morgan fingerprint density at radius 1 is 1.41 bits per heavy atom. The van der Waals surface area contributed by atoms with Crippen LogP contribution in [0.3, 0.4) is 0 Å². The van der Waals surface area contributed by atoms with Gasteiger partial charge in [0.25, 0.3) is 0 Å². The van der Waals surface area contributed by atoms with Gasteiger partial charge in [-0.25, -0.2) is 12.8 Å². The Morgan fingerprint density at radius 2 is 2.06 bits per heavy atom. The van der Waals surface area contributed by atoms with E-state index in [2.05, 4.69) is 15.9 Å². The van der Waals surface area contributed by atoms with E-state index in [9.17, 15) is 12.8 Å². The van der Waals surface area contributed by atoms with E-state index in [0.717, 1.165) is 4.31 Å². The van der Waals surface area contributed by atoms with Gasteiger partial charge in [-0.05, 0) is 12.1 Å². The van der Waals surface area contributed by atoms with Gasteiger partial charge in [0.1, 0.15) is 10.5 Å². The van der Waals surface area contributed by atoms with Crippen LogP contribution in [0.1, 0.15) is 6.42 Å². The van der Waals surface area contributed by atoms with Crippen LogP contribution in [0.2, 0.25) is 0 Å². The normalized spacial score (nSPS) is 10.9. The number of nitriles is 1. The second-order valence-corrected chi connectivity index (χ2v) is 6.35. The fraction of sp³-hybridized carbons (Fsp3) is 0.300. The van der Waals surface area contributed by atoms with Gasteiger partial charge in [-0.1, -0.05) is 28.1 Å². The van der Waals surface area contributed by atoms with Crippen LogP contribution in [0.5, 0.6) is 0 Å². The molecule has 0 aromatic heterocycles. The van der Waals surface area contributed by atoms with Crippen molar-refractivity contribution in [2.45, 2.75) is 6.42 Å². The van der Waals surface area contributed by atoms with Gasteiger partial charge in [-0.3, -0.25) is 4.31 Å². The zero-order chi connectivity index (χ0) is 12.9. The van der Waals surface area contributed by atoms with E-state index in [0.29, 0.717) is 0 Å². The Balaban J connectivity index is 3.17. The molecule has 0 aliphatic rings. The third-order valence-corrected chi connectivity index (χ3v) is 5.08. The third kappa shape index (κ3) is 3.41. The summed E-state index contributed by atoms with van der Waals surface area (Å²) in [7, 11) is -3.65. The fourth-order valence-corrected chi connectivity index (χ4v) is 2.95. The Hall–Kier alpha value is -1.13. The smallest absolute Gasteiger partial charge is 0.245 e. The quantitative estimate of drug-likeness (QED) is 0.781. The lowest BCUT2D eigenvalue weighted by Crippen LogP contribution is -2.33. The van der Waals surface area contributed by atoms with Crippen LogP contribution in [0, 0.1) is 17.1 Å². The maximum Gasteiger partial charge on any atom is 0.245 e. The first-order valence-corrected chi connectivity index (χ1v) is 7.44. The molecule has 0 amide bonds. The summed E-state index contributed by atoms with van der Waals surface area (Å²) in [5.74, 6) is -0.630. The van der Waals surface area contributed by atoms with Crippen molar-refractivity contribution in [3.05, 3.63) is 30.1 Å². The highest BCUT2D eigenvalue weighted by atomic mass is 79.9. The number of sulfonamides is 1. The highest BCUT2D eigenvalue weighted by Crippen LogP contribution is 2.23. The standard InChI is InChI=1S/C10H10BrFN2O2S/c11-8-17(15,16)14(7-3-6-13)10-5-2-1-4-9(10)12/h1-2,4-5H,3,7-8H2. The second-order valence-electron chi connectivity index (χ2n) is 3.15. The van der Waals surface area contributed by atoms with E-state index < -0.39 is 15.8 Å². The van der Waals surface area contributed by atoms with Crippen molar-refractivity contribution in [2.24, 2.45) is 0 Å². The van der Waals surface area contributed by atoms with Gasteiger partial charge in [-0.2, -0.15) is 5.26 Å². The molecule has 1 rings (SSSR count). The average molecular weight is 321 g/mol. The average Bonchev–Trinajstić information content (AvgIpc) is 2.31. The van der Waals surface area contributed by atoms with Gasteiger partial charge in [0.05, 0.1) is 18.2 Å². The summed E-state index contributed by atoms with van der Waals surface area (Å²) in [6.07, 6.45) is 0.000560. The summed E-state index contributed by atoms with van der Waals surface area (Å²) in [6, 6.07) is 7.40. The number of benzene rings is 1. The maximum absolute atomic E-state index is 13.5. The minimum Gasteiger partial charge on any atom is -0.266 e. The lowest BCUT2D eigenvalue weighted by atomic mass is 10.3. The van der Waals surface area contributed by atoms with Crippen molar-refractivity contribution < 1.29 is 12.8 Å². The highest BCUT2D eigenvalue weighted by molar-refractivity contribution is 9.10. The molecule has 0 fully saturated rings. The lowest BCUT2D eigenvalue weighted by molar-refractivity contribution is 0.590. The fourth-order valence-electron chi connectivity index (χ4n) is 1.27. The Kier molecular flexibility index (Phi) is 4.90. The van der Waals surface area contributed by atoms with E-state index in [1.54, 1.807) is 6.07 Å². The number of nitrogens with zero attached hydrogens (tertiary/aromatic N) is 2.